The van der Waals surface area contributed by atoms with E-state index in [1.54, 1.807) is 0 Å². The first kappa shape index (κ1) is 62.0. The molecule has 2 aliphatic rings. The number of rotatable bonds is 39. The van der Waals surface area contributed by atoms with Crippen molar-refractivity contribution < 1.29 is 69.0 Å². The molecule has 0 aromatic carbocycles. The molecule has 69 heavy (non-hydrogen) atoms. The van der Waals surface area contributed by atoms with Crippen LogP contribution in [-0.4, -0.2) is 142 Å². The van der Waals surface area contributed by atoms with E-state index in [1.807, 2.05) is 6.08 Å². The molecule has 2 heterocycles. The molecule has 11 atom stereocenters. The van der Waals surface area contributed by atoms with Crippen molar-refractivity contribution in [3.05, 3.63) is 97.2 Å². The van der Waals surface area contributed by atoms with Crippen molar-refractivity contribution in [2.75, 3.05) is 33.0 Å². The predicted molar refractivity (Wildman–Crippen MR) is 270 cm³/mol. The number of esters is 1. The Bertz CT molecular complexity index is 1500. The average molecular weight is 975 g/mol. The molecule has 0 spiro atoms. The van der Waals surface area contributed by atoms with Crippen LogP contribution in [0.3, 0.4) is 0 Å². The molecule has 0 radical (unpaired) electrons. The highest BCUT2D eigenvalue weighted by Gasteiger charge is 2.47. The molecule has 0 aliphatic carbocycles. The first-order valence-corrected chi connectivity index (χ1v) is 25.8. The first-order valence-electron chi connectivity index (χ1n) is 25.8. The molecular formula is C55H90O14. The number of ether oxygens (including phenoxy) is 6. The SMILES string of the molecule is CC/C=C\C/C=C\C/C=C\C/C=C\C/C=C\CCOCC(COC1OC(COC2OC(CO)C(O)C(O)C2O)C(O)C(O)C1O)OC(=O)CCCCCCCC/C=C\C/C=C\C/C=C\CCCCC. The van der Waals surface area contributed by atoms with Crippen LogP contribution in [0.25, 0.3) is 0 Å². The van der Waals surface area contributed by atoms with E-state index < -0.39 is 86.7 Å². The lowest BCUT2D eigenvalue weighted by Crippen LogP contribution is -2.61. The van der Waals surface area contributed by atoms with E-state index in [9.17, 15) is 40.5 Å². The minimum Gasteiger partial charge on any atom is -0.457 e. The minimum atomic E-state index is -1.73. The molecule has 0 aromatic heterocycles. The number of carbonyl (C=O) groups is 1. The molecule has 14 nitrogen and oxygen atoms in total. The maximum Gasteiger partial charge on any atom is 0.306 e. The molecule has 0 saturated carbocycles. The highest BCUT2D eigenvalue weighted by molar-refractivity contribution is 5.69. The Labute approximate surface area is 413 Å². The number of unbranched alkanes of at least 4 members (excludes halogenated alkanes) is 9. The van der Waals surface area contributed by atoms with Gasteiger partial charge in [-0.1, -0.05) is 150 Å². The third-order valence-corrected chi connectivity index (χ3v) is 11.6. The molecule has 2 rings (SSSR count). The van der Waals surface area contributed by atoms with Crippen molar-refractivity contribution in [2.45, 2.75) is 210 Å². The van der Waals surface area contributed by atoms with E-state index in [0.29, 0.717) is 19.4 Å². The molecule has 0 amide bonds. The minimum absolute atomic E-state index is 0.00460. The number of aliphatic hydroxyl groups is 7. The second-order valence-corrected chi connectivity index (χ2v) is 17.6. The lowest BCUT2D eigenvalue weighted by molar-refractivity contribution is -0.332. The Balaban J connectivity index is 1.81. The number of allylic oxidation sites excluding steroid dienone is 15. The van der Waals surface area contributed by atoms with Gasteiger partial charge in [0.05, 0.1) is 33.0 Å². The molecule has 394 valence electrons. The summed E-state index contributed by atoms with van der Waals surface area (Å²) in [5, 5.41) is 72.1. The summed E-state index contributed by atoms with van der Waals surface area (Å²) < 4.78 is 34.1. The summed E-state index contributed by atoms with van der Waals surface area (Å²) >= 11 is 0. The van der Waals surface area contributed by atoms with Gasteiger partial charge in [0.25, 0.3) is 0 Å². The summed E-state index contributed by atoms with van der Waals surface area (Å²) in [5.74, 6) is -0.418. The van der Waals surface area contributed by atoms with Crippen LogP contribution in [0.15, 0.2) is 97.2 Å². The topological polar surface area (TPSA) is 214 Å². The smallest absolute Gasteiger partial charge is 0.306 e. The highest BCUT2D eigenvalue weighted by atomic mass is 16.7. The number of aliphatic hydroxyl groups excluding tert-OH is 7. The zero-order valence-electron chi connectivity index (χ0n) is 41.8. The molecule has 0 bridgehead atoms. The second-order valence-electron chi connectivity index (χ2n) is 17.6. The summed E-state index contributed by atoms with van der Waals surface area (Å²) in [5.41, 5.74) is 0. The molecule has 11 unspecified atom stereocenters. The quantitative estimate of drug-likeness (QED) is 0.0178. The molecular weight excluding hydrogens is 885 g/mol. The van der Waals surface area contributed by atoms with E-state index in [1.165, 1.54) is 25.7 Å². The number of carbonyl (C=O) groups excluding carboxylic acids is 1. The molecule has 7 N–H and O–H groups in total. The van der Waals surface area contributed by atoms with Gasteiger partial charge < -0.3 is 64.2 Å². The van der Waals surface area contributed by atoms with Crippen LogP contribution in [0.4, 0.5) is 0 Å². The number of hydrogen-bond acceptors (Lipinski definition) is 14. The van der Waals surface area contributed by atoms with Gasteiger partial charge in [-0.2, -0.15) is 0 Å². The van der Waals surface area contributed by atoms with Crippen LogP contribution in [0.5, 0.6) is 0 Å². The highest BCUT2D eigenvalue weighted by Crippen LogP contribution is 2.26. The van der Waals surface area contributed by atoms with Crippen molar-refractivity contribution in [3.63, 3.8) is 0 Å². The summed E-state index contributed by atoms with van der Waals surface area (Å²) in [6, 6.07) is 0. The van der Waals surface area contributed by atoms with E-state index in [-0.39, 0.29) is 19.6 Å². The summed E-state index contributed by atoms with van der Waals surface area (Å²) in [6.07, 6.45) is 37.7. The van der Waals surface area contributed by atoms with Crippen molar-refractivity contribution in [1.82, 2.24) is 0 Å². The van der Waals surface area contributed by atoms with Crippen molar-refractivity contribution >= 4 is 5.97 Å². The Kier molecular flexibility index (Phi) is 37.3. The second kappa shape index (κ2) is 41.5. The molecule has 0 aromatic rings. The maximum atomic E-state index is 13.0. The van der Waals surface area contributed by atoms with E-state index in [2.05, 4.69) is 105 Å². The van der Waals surface area contributed by atoms with Crippen LogP contribution < -0.4 is 0 Å². The van der Waals surface area contributed by atoms with Crippen LogP contribution in [0, 0.1) is 0 Å². The molecule has 2 fully saturated rings. The molecule has 14 heteroatoms. The van der Waals surface area contributed by atoms with Crippen molar-refractivity contribution in [2.24, 2.45) is 0 Å². The van der Waals surface area contributed by atoms with Gasteiger partial charge in [0.15, 0.2) is 12.6 Å². The predicted octanol–water partition coefficient (Wildman–Crippen LogP) is 7.85. The normalized spacial score (nSPS) is 26.5. The van der Waals surface area contributed by atoms with Crippen molar-refractivity contribution in [3.8, 4) is 0 Å². The van der Waals surface area contributed by atoms with Crippen LogP contribution in [0.2, 0.25) is 0 Å². The van der Waals surface area contributed by atoms with E-state index in [0.717, 1.165) is 83.5 Å². The summed E-state index contributed by atoms with van der Waals surface area (Å²) in [7, 11) is 0. The van der Waals surface area contributed by atoms with Crippen LogP contribution >= 0.6 is 0 Å². The molecule has 2 aliphatic heterocycles. The van der Waals surface area contributed by atoms with Crippen LogP contribution in [-0.2, 0) is 33.2 Å². The van der Waals surface area contributed by atoms with Gasteiger partial charge in [0, 0.05) is 6.42 Å². The zero-order chi connectivity index (χ0) is 50.2. The van der Waals surface area contributed by atoms with Crippen LogP contribution in [0.1, 0.15) is 142 Å². The van der Waals surface area contributed by atoms with Gasteiger partial charge in [-0.3, -0.25) is 4.79 Å². The van der Waals surface area contributed by atoms with Gasteiger partial charge in [-0.25, -0.2) is 0 Å². The van der Waals surface area contributed by atoms with E-state index in [4.69, 9.17) is 28.4 Å². The van der Waals surface area contributed by atoms with Gasteiger partial charge in [0.2, 0.25) is 0 Å². The number of hydrogen-bond donors (Lipinski definition) is 7. The van der Waals surface area contributed by atoms with Gasteiger partial charge in [0.1, 0.15) is 54.9 Å². The Morgan fingerprint density at radius 3 is 1.48 bits per heavy atom. The van der Waals surface area contributed by atoms with Gasteiger partial charge in [-0.15, -0.1) is 0 Å². The summed E-state index contributed by atoms with van der Waals surface area (Å²) in [6.45, 7) is 3.27. The fourth-order valence-corrected chi connectivity index (χ4v) is 7.41. The lowest BCUT2D eigenvalue weighted by Gasteiger charge is -2.42. The molecule has 2 saturated heterocycles. The van der Waals surface area contributed by atoms with Crippen molar-refractivity contribution in [1.29, 1.82) is 0 Å². The standard InChI is InChI=1S/C55H90O14/c1-3-5-7-9-11-13-15-17-19-21-22-23-24-26-28-30-32-34-36-38-47(57)67-44(41-64-39-37-35-33-31-29-27-25-20-18-16-14-12-10-8-6-4-2)42-65-54-53(63)51(61)49(59)46(69-54)43-66-55-52(62)50(60)48(58)45(40-56)68-55/h6,8,11-14,17-20,22-23,27,29,33,35,44-46,48-56,58-63H,3-5,7,9-10,15-16,21,24-26,28,30-32,34,36-43H2,1-2H3/b8-6-,13-11-,14-12-,19-17-,20-18-,23-22-,29-27-,35-33-. The lowest BCUT2D eigenvalue weighted by atomic mass is 9.98. The maximum absolute atomic E-state index is 13.0. The van der Waals surface area contributed by atoms with Gasteiger partial charge in [-0.05, 0) is 83.5 Å². The van der Waals surface area contributed by atoms with E-state index >= 15 is 0 Å². The zero-order valence-corrected chi connectivity index (χ0v) is 41.8. The Morgan fingerprint density at radius 1 is 0.493 bits per heavy atom. The average Bonchev–Trinajstić information content (AvgIpc) is 3.35. The Morgan fingerprint density at radius 2 is 0.942 bits per heavy atom. The third kappa shape index (κ3) is 29.1. The largest absolute Gasteiger partial charge is 0.457 e. The fourth-order valence-electron chi connectivity index (χ4n) is 7.41. The summed E-state index contributed by atoms with van der Waals surface area (Å²) in [4.78, 5) is 13.0. The van der Waals surface area contributed by atoms with Gasteiger partial charge >= 0.3 is 5.97 Å². The fraction of sp³-hybridized carbons (Fsp3) is 0.691. The monoisotopic (exact) mass is 975 g/mol. The Hall–Kier alpha value is -3.09. The first-order chi connectivity index (χ1) is 33.6. The third-order valence-electron chi connectivity index (χ3n) is 11.6.